The van der Waals surface area contributed by atoms with Crippen LogP contribution in [0.15, 0.2) is 71.3 Å². The summed E-state index contributed by atoms with van der Waals surface area (Å²) in [6.45, 7) is 0.256. The molecule has 0 spiro atoms. The number of furan rings is 1. The molecule has 0 radical (unpaired) electrons. The topological polar surface area (TPSA) is 55.6 Å². The lowest BCUT2D eigenvalue weighted by atomic mass is 10.1. The fourth-order valence-corrected chi connectivity index (χ4v) is 3.26. The van der Waals surface area contributed by atoms with Crippen molar-refractivity contribution in [2.75, 3.05) is 14.2 Å². The van der Waals surface area contributed by atoms with Crippen LogP contribution in [-0.4, -0.2) is 29.9 Å². The van der Waals surface area contributed by atoms with Crippen molar-refractivity contribution in [1.82, 2.24) is 9.88 Å². The molecule has 0 saturated heterocycles. The number of nitrogens with zero attached hydrogens (tertiary/aromatic N) is 2. The highest BCUT2D eigenvalue weighted by atomic mass is 19.1. The zero-order valence-electron chi connectivity index (χ0n) is 16.1. The second-order valence-electron chi connectivity index (χ2n) is 6.68. The lowest BCUT2D eigenvalue weighted by Gasteiger charge is -2.19. The smallest absolute Gasteiger partial charge is 0.254 e. The minimum Gasteiger partial charge on any atom is -0.494 e. The molecule has 4 rings (SSSR count). The number of carbonyl (C=O) groups excluding carboxylic acids is 1. The molecule has 6 heteroatoms. The summed E-state index contributed by atoms with van der Waals surface area (Å²) in [5.41, 5.74) is 2.47. The SMILES string of the molecule is COc1ccc(CN(C)C(=O)c2cc(-c3ccco3)nc3ccccc23)cc1F. The monoisotopic (exact) mass is 390 g/mol. The Hall–Kier alpha value is -3.67. The minimum atomic E-state index is -0.458. The van der Waals surface area contributed by atoms with Crippen molar-refractivity contribution in [2.24, 2.45) is 0 Å². The zero-order valence-corrected chi connectivity index (χ0v) is 16.1. The first kappa shape index (κ1) is 18.7. The van der Waals surface area contributed by atoms with Gasteiger partial charge in [0.1, 0.15) is 5.69 Å². The number of carbonyl (C=O) groups is 1. The van der Waals surface area contributed by atoms with Crippen LogP contribution in [0, 0.1) is 5.82 Å². The molecule has 2 aromatic heterocycles. The predicted molar refractivity (Wildman–Crippen MR) is 108 cm³/mol. The molecule has 0 unspecified atom stereocenters. The van der Waals surface area contributed by atoms with Crippen LogP contribution >= 0.6 is 0 Å². The van der Waals surface area contributed by atoms with Gasteiger partial charge < -0.3 is 14.1 Å². The molecule has 29 heavy (non-hydrogen) atoms. The number of hydrogen-bond acceptors (Lipinski definition) is 4. The van der Waals surface area contributed by atoms with E-state index in [4.69, 9.17) is 9.15 Å². The first-order valence-corrected chi connectivity index (χ1v) is 9.08. The number of pyridine rings is 1. The van der Waals surface area contributed by atoms with Crippen molar-refractivity contribution in [3.05, 3.63) is 83.9 Å². The van der Waals surface area contributed by atoms with Gasteiger partial charge in [-0.2, -0.15) is 0 Å². The molecule has 0 fully saturated rings. The third-order valence-electron chi connectivity index (χ3n) is 4.70. The maximum absolute atomic E-state index is 14.0. The van der Waals surface area contributed by atoms with Gasteiger partial charge in [0.25, 0.3) is 5.91 Å². The second-order valence-corrected chi connectivity index (χ2v) is 6.68. The largest absolute Gasteiger partial charge is 0.494 e. The molecule has 2 heterocycles. The van der Waals surface area contributed by atoms with Crippen molar-refractivity contribution < 1.29 is 18.3 Å². The van der Waals surface area contributed by atoms with E-state index in [1.807, 2.05) is 24.3 Å². The zero-order chi connectivity index (χ0) is 20.4. The Morgan fingerprint density at radius 3 is 2.69 bits per heavy atom. The Morgan fingerprint density at radius 2 is 1.97 bits per heavy atom. The molecule has 0 atom stereocenters. The summed E-state index contributed by atoms with van der Waals surface area (Å²) in [5.74, 6) is 0.114. The van der Waals surface area contributed by atoms with E-state index < -0.39 is 5.82 Å². The molecule has 0 aliphatic rings. The number of hydrogen-bond donors (Lipinski definition) is 0. The number of halogens is 1. The summed E-state index contributed by atoms with van der Waals surface area (Å²) in [7, 11) is 3.10. The first-order valence-electron chi connectivity index (χ1n) is 9.08. The molecule has 1 amide bonds. The highest BCUT2D eigenvalue weighted by Crippen LogP contribution is 2.26. The highest BCUT2D eigenvalue weighted by Gasteiger charge is 2.19. The number of fused-ring (bicyclic) bond motifs is 1. The number of aromatic nitrogens is 1. The van der Waals surface area contributed by atoms with Gasteiger partial charge in [-0.1, -0.05) is 24.3 Å². The molecule has 5 nitrogen and oxygen atoms in total. The molecule has 0 N–H and O–H groups in total. The van der Waals surface area contributed by atoms with E-state index >= 15 is 0 Å². The molecular weight excluding hydrogens is 371 g/mol. The van der Waals surface area contributed by atoms with Crippen LogP contribution in [0.5, 0.6) is 5.75 Å². The number of methoxy groups -OCH3 is 1. The van der Waals surface area contributed by atoms with Gasteiger partial charge in [0.05, 0.1) is 24.5 Å². The molecule has 0 bridgehead atoms. The first-order chi connectivity index (χ1) is 14.1. The predicted octanol–water partition coefficient (Wildman–Crippen LogP) is 4.91. The van der Waals surface area contributed by atoms with Crippen LogP contribution in [-0.2, 0) is 6.54 Å². The Balaban J connectivity index is 1.69. The second kappa shape index (κ2) is 7.75. The van der Waals surface area contributed by atoms with Crippen molar-refractivity contribution in [2.45, 2.75) is 6.54 Å². The lowest BCUT2D eigenvalue weighted by Crippen LogP contribution is -2.26. The van der Waals surface area contributed by atoms with Crippen molar-refractivity contribution >= 4 is 16.8 Å². The summed E-state index contributed by atoms with van der Waals surface area (Å²) in [5, 5.41) is 0.751. The van der Waals surface area contributed by atoms with Gasteiger partial charge >= 0.3 is 0 Å². The van der Waals surface area contributed by atoms with Crippen LogP contribution < -0.4 is 4.74 Å². The van der Waals surface area contributed by atoms with Crippen LogP contribution in [0.1, 0.15) is 15.9 Å². The third-order valence-corrected chi connectivity index (χ3v) is 4.70. The van der Waals surface area contributed by atoms with Crippen LogP contribution in [0.25, 0.3) is 22.4 Å². The van der Waals surface area contributed by atoms with Crippen molar-refractivity contribution in [3.63, 3.8) is 0 Å². The molecular formula is C23H19FN2O3. The molecule has 0 aliphatic heterocycles. The van der Waals surface area contributed by atoms with Gasteiger partial charge in [0.15, 0.2) is 17.3 Å². The van der Waals surface area contributed by atoms with Crippen molar-refractivity contribution in [3.8, 4) is 17.2 Å². The molecule has 146 valence electrons. The Labute approximate surface area is 167 Å². The van der Waals surface area contributed by atoms with Gasteiger partial charge in [-0.3, -0.25) is 4.79 Å². The van der Waals surface area contributed by atoms with Crippen LogP contribution in [0.2, 0.25) is 0 Å². The van der Waals surface area contributed by atoms with Gasteiger partial charge in [0, 0.05) is 19.0 Å². The summed E-state index contributed by atoms with van der Waals surface area (Å²) in [4.78, 5) is 19.4. The molecule has 0 aliphatic carbocycles. The summed E-state index contributed by atoms with van der Waals surface area (Å²) in [6.07, 6.45) is 1.57. The van der Waals surface area contributed by atoms with Gasteiger partial charge in [-0.05, 0) is 42.0 Å². The minimum absolute atomic E-state index is 0.172. The quantitative estimate of drug-likeness (QED) is 0.486. The Bertz CT molecular complexity index is 1170. The van der Waals surface area contributed by atoms with E-state index in [1.54, 1.807) is 48.5 Å². The number of benzene rings is 2. The van der Waals surface area contributed by atoms with E-state index in [0.29, 0.717) is 28.1 Å². The summed E-state index contributed by atoms with van der Waals surface area (Å²) < 4.78 is 24.4. The fraction of sp³-hybridized carbons (Fsp3) is 0.130. The van der Waals surface area contributed by atoms with Crippen LogP contribution in [0.4, 0.5) is 4.39 Å². The van der Waals surface area contributed by atoms with E-state index in [9.17, 15) is 9.18 Å². The summed E-state index contributed by atoms with van der Waals surface area (Å²) >= 11 is 0. The number of para-hydroxylation sites is 1. The van der Waals surface area contributed by atoms with Gasteiger partial charge in [0.2, 0.25) is 0 Å². The average Bonchev–Trinajstić information content (AvgIpc) is 3.27. The fourth-order valence-electron chi connectivity index (χ4n) is 3.26. The maximum Gasteiger partial charge on any atom is 0.254 e. The lowest BCUT2D eigenvalue weighted by molar-refractivity contribution is 0.0787. The standard InChI is InChI=1S/C23H19FN2O3/c1-26(14-15-9-10-21(28-2)18(24)12-15)23(27)17-13-20(22-8-5-11-29-22)25-19-7-4-3-6-16(17)19/h3-13H,14H2,1-2H3. The molecule has 0 saturated carbocycles. The Morgan fingerprint density at radius 1 is 1.14 bits per heavy atom. The molecule has 2 aromatic carbocycles. The average molecular weight is 390 g/mol. The van der Waals surface area contributed by atoms with Gasteiger partial charge in [-0.15, -0.1) is 0 Å². The summed E-state index contributed by atoms with van der Waals surface area (Å²) in [6, 6.07) is 17.4. The Kier molecular flexibility index (Phi) is 4.99. The normalized spacial score (nSPS) is 10.9. The van der Waals surface area contributed by atoms with E-state index in [-0.39, 0.29) is 18.2 Å². The van der Waals surface area contributed by atoms with E-state index in [1.165, 1.54) is 13.2 Å². The van der Waals surface area contributed by atoms with Crippen molar-refractivity contribution in [1.29, 1.82) is 0 Å². The van der Waals surface area contributed by atoms with E-state index in [2.05, 4.69) is 4.98 Å². The van der Waals surface area contributed by atoms with E-state index in [0.717, 1.165) is 5.39 Å². The maximum atomic E-state index is 14.0. The van der Waals surface area contributed by atoms with Gasteiger partial charge in [-0.25, -0.2) is 9.37 Å². The number of amides is 1. The molecule has 4 aromatic rings. The third kappa shape index (κ3) is 3.69. The number of ether oxygens (including phenoxy) is 1. The van der Waals surface area contributed by atoms with Crippen LogP contribution in [0.3, 0.4) is 0 Å². The highest BCUT2D eigenvalue weighted by molar-refractivity contribution is 6.07. The number of rotatable bonds is 5.